The predicted octanol–water partition coefficient (Wildman–Crippen LogP) is 2.09. The van der Waals surface area contributed by atoms with E-state index in [0.717, 1.165) is 5.69 Å². The first-order valence-electron chi connectivity index (χ1n) is 4.43. The molecule has 0 saturated heterocycles. The van der Waals surface area contributed by atoms with Crippen molar-refractivity contribution in [1.82, 2.24) is 5.16 Å². The summed E-state index contributed by atoms with van der Waals surface area (Å²) in [5, 5.41) is 3.97. The summed E-state index contributed by atoms with van der Waals surface area (Å²) in [5.41, 5.74) is 6.72. The molecule has 0 unspecified atom stereocenters. The number of aromatic nitrogens is 1. The van der Waals surface area contributed by atoms with Crippen LogP contribution >= 0.6 is 0 Å². The Labute approximate surface area is 71.9 Å². The first kappa shape index (κ1) is 7.65. The van der Waals surface area contributed by atoms with Gasteiger partial charge >= 0.3 is 0 Å². The van der Waals surface area contributed by atoms with Gasteiger partial charge in [-0.05, 0) is 12.8 Å². The second kappa shape index (κ2) is 2.51. The molecule has 0 aromatic carbocycles. The molecule has 1 aromatic heterocycles. The fourth-order valence-corrected chi connectivity index (χ4v) is 1.99. The van der Waals surface area contributed by atoms with Gasteiger partial charge in [0.25, 0.3) is 0 Å². The average molecular weight is 166 g/mol. The van der Waals surface area contributed by atoms with E-state index in [1.165, 1.54) is 25.7 Å². The van der Waals surface area contributed by atoms with E-state index in [9.17, 15) is 0 Å². The maximum atomic E-state index is 5.48. The Morgan fingerprint density at radius 3 is 2.67 bits per heavy atom. The second-order valence-corrected chi connectivity index (χ2v) is 3.88. The number of nitrogens with zero attached hydrogens (tertiary/aromatic N) is 1. The minimum absolute atomic E-state index is 0.223. The van der Waals surface area contributed by atoms with Gasteiger partial charge in [-0.1, -0.05) is 24.9 Å². The summed E-state index contributed by atoms with van der Waals surface area (Å²) >= 11 is 0. The molecule has 2 N–H and O–H groups in total. The van der Waals surface area contributed by atoms with Crippen LogP contribution in [0.1, 0.15) is 38.3 Å². The first-order chi connectivity index (χ1) is 5.71. The first-order valence-corrected chi connectivity index (χ1v) is 4.43. The van der Waals surface area contributed by atoms with Gasteiger partial charge in [0.05, 0.1) is 5.69 Å². The zero-order chi connectivity index (χ0) is 8.60. The van der Waals surface area contributed by atoms with Gasteiger partial charge in [0.2, 0.25) is 5.88 Å². The summed E-state index contributed by atoms with van der Waals surface area (Å²) in [6.45, 7) is 2.23. The van der Waals surface area contributed by atoms with Crippen LogP contribution in [0.25, 0.3) is 0 Å². The van der Waals surface area contributed by atoms with Crippen molar-refractivity contribution in [1.29, 1.82) is 0 Å². The molecular weight excluding hydrogens is 152 g/mol. The van der Waals surface area contributed by atoms with Gasteiger partial charge in [0, 0.05) is 11.5 Å². The van der Waals surface area contributed by atoms with E-state index >= 15 is 0 Å². The van der Waals surface area contributed by atoms with Crippen molar-refractivity contribution in [3.05, 3.63) is 11.8 Å². The molecule has 66 valence electrons. The van der Waals surface area contributed by atoms with E-state index in [1.54, 1.807) is 0 Å². The lowest BCUT2D eigenvalue weighted by Crippen LogP contribution is -2.16. The maximum Gasteiger partial charge on any atom is 0.222 e. The lowest BCUT2D eigenvalue weighted by atomic mass is 9.85. The van der Waals surface area contributed by atoms with Crippen LogP contribution in [0.5, 0.6) is 0 Å². The van der Waals surface area contributed by atoms with Crippen molar-refractivity contribution in [2.75, 3.05) is 5.73 Å². The van der Waals surface area contributed by atoms with Crippen molar-refractivity contribution >= 4 is 5.88 Å². The smallest absolute Gasteiger partial charge is 0.222 e. The lowest BCUT2D eigenvalue weighted by molar-refractivity contribution is 0.386. The molecule has 0 amide bonds. The number of nitrogen functional groups attached to an aromatic ring is 1. The van der Waals surface area contributed by atoms with E-state index in [1.807, 2.05) is 6.07 Å². The van der Waals surface area contributed by atoms with E-state index in [4.69, 9.17) is 10.3 Å². The Bertz CT molecular complexity index is 274. The summed E-state index contributed by atoms with van der Waals surface area (Å²) in [6, 6.07) is 1.85. The Kier molecular flexibility index (Phi) is 1.60. The van der Waals surface area contributed by atoms with E-state index in [0.29, 0.717) is 5.88 Å². The van der Waals surface area contributed by atoms with Gasteiger partial charge in [-0.3, -0.25) is 0 Å². The molecule has 0 aliphatic heterocycles. The summed E-state index contributed by atoms with van der Waals surface area (Å²) in [4.78, 5) is 0. The molecule has 12 heavy (non-hydrogen) atoms. The van der Waals surface area contributed by atoms with Crippen LogP contribution in [0, 0.1) is 0 Å². The zero-order valence-electron chi connectivity index (χ0n) is 7.34. The molecule has 1 aliphatic rings. The van der Waals surface area contributed by atoms with Crippen LogP contribution in [-0.2, 0) is 5.41 Å². The molecule has 1 heterocycles. The molecule has 1 saturated carbocycles. The van der Waals surface area contributed by atoms with Gasteiger partial charge < -0.3 is 10.3 Å². The molecule has 2 rings (SSSR count). The molecule has 0 spiro atoms. The highest BCUT2D eigenvalue weighted by atomic mass is 16.5. The van der Waals surface area contributed by atoms with E-state index < -0.39 is 0 Å². The molecule has 0 bridgehead atoms. The molecule has 0 atom stereocenters. The average Bonchev–Trinajstić information content (AvgIpc) is 2.59. The van der Waals surface area contributed by atoms with Crippen molar-refractivity contribution in [2.45, 2.75) is 38.0 Å². The summed E-state index contributed by atoms with van der Waals surface area (Å²) in [6.07, 6.45) is 5.00. The number of nitrogens with two attached hydrogens (primary N) is 1. The third kappa shape index (κ3) is 1.09. The van der Waals surface area contributed by atoms with Crippen LogP contribution in [0.4, 0.5) is 5.88 Å². The molecule has 3 nitrogen and oxygen atoms in total. The fourth-order valence-electron chi connectivity index (χ4n) is 1.99. The maximum absolute atomic E-state index is 5.48. The third-order valence-corrected chi connectivity index (χ3v) is 2.85. The number of hydrogen-bond acceptors (Lipinski definition) is 3. The number of hydrogen-bond donors (Lipinski definition) is 1. The molecule has 1 fully saturated rings. The topological polar surface area (TPSA) is 52.0 Å². The Morgan fingerprint density at radius 2 is 2.17 bits per heavy atom. The van der Waals surface area contributed by atoms with Gasteiger partial charge in [-0.2, -0.15) is 0 Å². The van der Waals surface area contributed by atoms with Crippen molar-refractivity contribution in [3.63, 3.8) is 0 Å². The van der Waals surface area contributed by atoms with Crippen LogP contribution in [0.3, 0.4) is 0 Å². The molecular formula is C9H14N2O. The summed E-state index contributed by atoms with van der Waals surface area (Å²) < 4.78 is 4.87. The monoisotopic (exact) mass is 166 g/mol. The van der Waals surface area contributed by atoms with Crippen LogP contribution < -0.4 is 5.73 Å². The van der Waals surface area contributed by atoms with Crippen LogP contribution in [0.2, 0.25) is 0 Å². The summed E-state index contributed by atoms with van der Waals surface area (Å²) in [7, 11) is 0. The fraction of sp³-hybridized carbons (Fsp3) is 0.667. The number of anilines is 1. The highest BCUT2D eigenvalue weighted by Gasteiger charge is 2.33. The van der Waals surface area contributed by atoms with Crippen molar-refractivity contribution in [2.24, 2.45) is 0 Å². The van der Waals surface area contributed by atoms with Gasteiger partial charge in [0.15, 0.2) is 0 Å². The Hall–Kier alpha value is -0.990. The Morgan fingerprint density at radius 1 is 1.50 bits per heavy atom. The highest BCUT2D eigenvalue weighted by Crippen LogP contribution is 2.40. The Balaban J connectivity index is 2.28. The normalized spacial score (nSPS) is 21.4. The quantitative estimate of drug-likeness (QED) is 0.695. The standard InChI is InChI=1S/C9H14N2O/c1-9(4-2-3-5-9)7-6-8(10)12-11-7/h6H,2-5,10H2,1H3. The molecule has 1 aliphatic carbocycles. The largest absolute Gasteiger partial charge is 0.368 e. The highest BCUT2D eigenvalue weighted by molar-refractivity contribution is 5.29. The van der Waals surface area contributed by atoms with Crippen LogP contribution in [-0.4, -0.2) is 5.16 Å². The van der Waals surface area contributed by atoms with Gasteiger partial charge in [0.1, 0.15) is 0 Å². The van der Waals surface area contributed by atoms with E-state index in [2.05, 4.69) is 12.1 Å². The lowest BCUT2D eigenvalue weighted by Gasteiger charge is -2.18. The summed E-state index contributed by atoms with van der Waals surface area (Å²) in [5.74, 6) is 0.429. The number of rotatable bonds is 1. The van der Waals surface area contributed by atoms with Crippen LogP contribution in [0.15, 0.2) is 10.6 Å². The van der Waals surface area contributed by atoms with Crippen molar-refractivity contribution < 1.29 is 4.52 Å². The molecule has 1 aromatic rings. The van der Waals surface area contributed by atoms with Gasteiger partial charge in [-0.25, -0.2) is 0 Å². The minimum Gasteiger partial charge on any atom is -0.368 e. The molecule has 3 heteroatoms. The molecule has 0 radical (unpaired) electrons. The third-order valence-electron chi connectivity index (χ3n) is 2.85. The van der Waals surface area contributed by atoms with E-state index in [-0.39, 0.29) is 5.41 Å². The van der Waals surface area contributed by atoms with Gasteiger partial charge in [-0.15, -0.1) is 0 Å². The zero-order valence-corrected chi connectivity index (χ0v) is 7.34. The SMILES string of the molecule is CC1(c2cc(N)on2)CCCC1. The van der Waals surface area contributed by atoms with Crippen molar-refractivity contribution in [3.8, 4) is 0 Å². The second-order valence-electron chi connectivity index (χ2n) is 3.88. The predicted molar refractivity (Wildman–Crippen MR) is 46.7 cm³/mol. The minimum atomic E-state index is 0.223.